The van der Waals surface area contributed by atoms with E-state index in [4.69, 9.17) is 5.73 Å². The molecule has 0 saturated carbocycles. The van der Waals surface area contributed by atoms with E-state index in [1.807, 2.05) is 10.9 Å². The zero-order valence-electron chi connectivity index (χ0n) is 10.1. The fourth-order valence-electron chi connectivity index (χ4n) is 1.47. The first-order chi connectivity index (χ1) is 7.11. The zero-order chi connectivity index (χ0) is 11.3. The van der Waals surface area contributed by atoms with Crippen LogP contribution in [0.25, 0.3) is 0 Å². The number of nitrogens with zero attached hydrogens (tertiary/aromatic N) is 2. The molecule has 0 aliphatic heterocycles. The van der Waals surface area contributed by atoms with Crippen molar-refractivity contribution in [2.75, 3.05) is 0 Å². The first-order valence-corrected chi connectivity index (χ1v) is 5.88. The molecular weight excluding hydrogens is 186 g/mol. The van der Waals surface area contributed by atoms with Crippen molar-refractivity contribution >= 4 is 0 Å². The Bertz CT molecular complexity index is 278. The molecule has 15 heavy (non-hydrogen) atoms. The van der Waals surface area contributed by atoms with Gasteiger partial charge < -0.3 is 5.73 Å². The van der Waals surface area contributed by atoms with Crippen molar-refractivity contribution in [1.29, 1.82) is 0 Å². The summed E-state index contributed by atoms with van der Waals surface area (Å²) in [5.41, 5.74) is 7.16. The fourth-order valence-corrected chi connectivity index (χ4v) is 1.47. The summed E-state index contributed by atoms with van der Waals surface area (Å²) in [5.74, 6) is 0.732. The predicted octanol–water partition coefficient (Wildman–Crippen LogP) is 2.21. The van der Waals surface area contributed by atoms with Crippen LogP contribution in [0, 0.1) is 5.92 Å². The molecule has 0 spiro atoms. The zero-order valence-corrected chi connectivity index (χ0v) is 10.1. The molecule has 0 aliphatic carbocycles. The maximum absolute atomic E-state index is 5.90. The molecule has 1 aromatic heterocycles. The SMILES string of the molecule is CCC(N)Cc1cnn(CCC(C)C)c1. The van der Waals surface area contributed by atoms with Crippen molar-refractivity contribution in [1.82, 2.24) is 9.78 Å². The minimum atomic E-state index is 0.271. The van der Waals surface area contributed by atoms with E-state index in [1.165, 1.54) is 12.0 Å². The van der Waals surface area contributed by atoms with Gasteiger partial charge in [0.05, 0.1) is 6.20 Å². The van der Waals surface area contributed by atoms with Crippen LogP contribution in [0.5, 0.6) is 0 Å². The van der Waals surface area contributed by atoms with Crippen molar-refractivity contribution in [3.8, 4) is 0 Å². The lowest BCUT2D eigenvalue weighted by Gasteiger charge is -2.06. The number of aryl methyl sites for hydroxylation is 1. The van der Waals surface area contributed by atoms with Crippen LogP contribution in [-0.2, 0) is 13.0 Å². The molecule has 1 aromatic rings. The van der Waals surface area contributed by atoms with Crippen LogP contribution in [0.2, 0.25) is 0 Å². The van der Waals surface area contributed by atoms with Gasteiger partial charge in [0.2, 0.25) is 0 Å². The lowest BCUT2D eigenvalue weighted by atomic mass is 10.1. The molecule has 1 rings (SSSR count). The van der Waals surface area contributed by atoms with Gasteiger partial charge in [0.25, 0.3) is 0 Å². The third-order valence-corrected chi connectivity index (χ3v) is 2.64. The summed E-state index contributed by atoms with van der Waals surface area (Å²) in [5, 5.41) is 4.34. The molecule has 0 radical (unpaired) electrons. The summed E-state index contributed by atoms with van der Waals surface area (Å²) in [7, 11) is 0. The van der Waals surface area contributed by atoms with Gasteiger partial charge >= 0.3 is 0 Å². The van der Waals surface area contributed by atoms with Crippen LogP contribution < -0.4 is 5.73 Å². The minimum absolute atomic E-state index is 0.271. The Labute approximate surface area is 92.7 Å². The summed E-state index contributed by atoms with van der Waals surface area (Å²) in [6.45, 7) is 7.60. The average Bonchev–Trinajstić information content (AvgIpc) is 2.62. The minimum Gasteiger partial charge on any atom is -0.327 e. The van der Waals surface area contributed by atoms with E-state index in [0.29, 0.717) is 0 Å². The maximum atomic E-state index is 5.90. The molecule has 3 heteroatoms. The highest BCUT2D eigenvalue weighted by atomic mass is 15.3. The van der Waals surface area contributed by atoms with E-state index in [2.05, 4.69) is 32.1 Å². The van der Waals surface area contributed by atoms with Crippen LogP contribution in [0.4, 0.5) is 0 Å². The number of hydrogen-bond donors (Lipinski definition) is 1. The second-order valence-electron chi connectivity index (χ2n) is 4.67. The topological polar surface area (TPSA) is 43.8 Å². The van der Waals surface area contributed by atoms with E-state index in [9.17, 15) is 0 Å². The summed E-state index contributed by atoms with van der Waals surface area (Å²) in [6.07, 6.45) is 7.21. The smallest absolute Gasteiger partial charge is 0.0522 e. The van der Waals surface area contributed by atoms with Gasteiger partial charge in [-0.15, -0.1) is 0 Å². The van der Waals surface area contributed by atoms with Crippen LogP contribution >= 0.6 is 0 Å². The van der Waals surface area contributed by atoms with Crippen molar-refractivity contribution < 1.29 is 0 Å². The molecule has 0 bridgehead atoms. The van der Waals surface area contributed by atoms with Crippen LogP contribution in [-0.4, -0.2) is 15.8 Å². The molecule has 2 N–H and O–H groups in total. The first-order valence-electron chi connectivity index (χ1n) is 5.88. The Kier molecular flexibility index (Phi) is 4.82. The van der Waals surface area contributed by atoms with E-state index in [-0.39, 0.29) is 6.04 Å². The highest BCUT2D eigenvalue weighted by molar-refractivity contribution is 5.05. The largest absolute Gasteiger partial charge is 0.327 e. The quantitative estimate of drug-likeness (QED) is 0.780. The predicted molar refractivity (Wildman–Crippen MR) is 63.7 cm³/mol. The van der Waals surface area contributed by atoms with Gasteiger partial charge in [-0.1, -0.05) is 20.8 Å². The molecular formula is C12H23N3. The second-order valence-corrected chi connectivity index (χ2v) is 4.67. The normalized spacial score (nSPS) is 13.4. The summed E-state index contributed by atoms with van der Waals surface area (Å²) in [6, 6.07) is 0.271. The third kappa shape index (κ3) is 4.47. The van der Waals surface area contributed by atoms with Crippen LogP contribution in [0.3, 0.4) is 0 Å². The van der Waals surface area contributed by atoms with E-state index in [1.54, 1.807) is 0 Å². The Morgan fingerprint density at radius 3 is 2.80 bits per heavy atom. The Morgan fingerprint density at radius 1 is 1.47 bits per heavy atom. The first kappa shape index (κ1) is 12.2. The Balaban J connectivity index is 2.42. The monoisotopic (exact) mass is 209 g/mol. The molecule has 3 nitrogen and oxygen atoms in total. The van der Waals surface area contributed by atoms with Crippen molar-refractivity contribution in [3.63, 3.8) is 0 Å². The fraction of sp³-hybridized carbons (Fsp3) is 0.750. The molecule has 0 fully saturated rings. The van der Waals surface area contributed by atoms with Gasteiger partial charge in [-0.2, -0.15) is 5.10 Å². The Hall–Kier alpha value is -0.830. The number of nitrogens with two attached hydrogens (primary N) is 1. The van der Waals surface area contributed by atoms with Gasteiger partial charge in [-0.05, 0) is 30.7 Å². The molecule has 1 unspecified atom stereocenters. The summed E-state index contributed by atoms with van der Waals surface area (Å²) < 4.78 is 2.03. The number of rotatable bonds is 6. The van der Waals surface area contributed by atoms with Crippen molar-refractivity contribution in [2.24, 2.45) is 11.7 Å². The molecule has 1 heterocycles. The van der Waals surface area contributed by atoms with Gasteiger partial charge in [-0.3, -0.25) is 4.68 Å². The highest BCUT2D eigenvalue weighted by Crippen LogP contribution is 2.06. The van der Waals surface area contributed by atoms with Gasteiger partial charge in [-0.25, -0.2) is 0 Å². The molecule has 86 valence electrons. The van der Waals surface area contributed by atoms with Crippen LogP contribution in [0.1, 0.15) is 39.2 Å². The highest BCUT2D eigenvalue weighted by Gasteiger charge is 2.04. The number of aromatic nitrogens is 2. The van der Waals surface area contributed by atoms with E-state index >= 15 is 0 Å². The molecule has 0 aromatic carbocycles. The van der Waals surface area contributed by atoms with E-state index < -0.39 is 0 Å². The maximum Gasteiger partial charge on any atom is 0.0522 e. The van der Waals surface area contributed by atoms with Crippen molar-refractivity contribution in [2.45, 2.75) is 52.6 Å². The molecule has 0 amide bonds. The second kappa shape index (κ2) is 5.91. The molecule has 1 atom stereocenters. The van der Waals surface area contributed by atoms with Crippen LogP contribution in [0.15, 0.2) is 12.4 Å². The van der Waals surface area contributed by atoms with Gasteiger partial charge in [0.15, 0.2) is 0 Å². The summed E-state index contributed by atoms with van der Waals surface area (Å²) >= 11 is 0. The van der Waals surface area contributed by atoms with Gasteiger partial charge in [0, 0.05) is 18.8 Å². The van der Waals surface area contributed by atoms with Gasteiger partial charge in [0.1, 0.15) is 0 Å². The Morgan fingerprint density at radius 2 is 2.20 bits per heavy atom. The average molecular weight is 209 g/mol. The van der Waals surface area contributed by atoms with E-state index in [0.717, 1.165) is 25.3 Å². The molecule has 0 aliphatic rings. The molecule has 0 saturated heterocycles. The lowest BCUT2D eigenvalue weighted by molar-refractivity contribution is 0.487. The lowest BCUT2D eigenvalue weighted by Crippen LogP contribution is -2.21. The third-order valence-electron chi connectivity index (χ3n) is 2.64. The number of hydrogen-bond acceptors (Lipinski definition) is 2. The van der Waals surface area contributed by atoms with Crippen molar-refractivity contribution in [3.05, 3.63) is 18.0 Å². The summed E-state index contributed by atoms with van der Waals surface area (Å²) in [4.78, 5) is 0. The standard InChI is InChI=1S/C12H23N3/c1-4-12(13)7-11-8-14-15(9-11)6-5-10(2)3/h8-10,12H,4-7,13H2,1-3H3.